The zero-order valence-electron chi connectivity index (χ0n) is 9.86. The Kier molecular flexibility index (Phi) is 4.31. The van der Waals surface area contributed by atoms with E-state index in [0.717, 1.165) is 12.5 Å². The highest BCUT2D eigenvalue weighted by molar-refractivity contribution is 6.20. The van der Waals surface area contributed by atoms with E-state index in [9.17, 15) is 8.78 Å². The smallest absolute Gasteiger partial charge is 0.162 e. The van der Waals surface area contributed by atoms with Gasteiger partial charge in [-0.2, -0.15) is 0 Å². The summed E-state index contributed by atoms with van der Waals surface area (Å²) in [7, 11) is 0. The highest BCUT2D eigenvalue weighted by Gasteiger charge is 2.23. The molecule has 1 atom stereocenters. The van der Waals surface area contributed by atoms with E-state index < -0.39 is 11.6 Å². The first kappa shape index (κ1) is 13.4. The van der Waals surface area contributed by atoms with Crippen molar-refractivity contribution in [3.8, 4) is 0 Å². The molecule has 90 valence electrons. The molecule has 0 aromatic heterocycles. The monoisotopic (exact) mass is 246 g/mol. The molecule has 0 nitrogen and oxygen atoms in total. The summed E-state index contributed by atoms with van der Waals surface area (Å²) in [4.78, 5) is 0. The molecule has 1 aromatic carbocycles. The fourth-order valence-electron chi connectivity index (χ4n) is 2.03. The number of alkyl halides is 1. The van der Waals surface area contributed by atoms with Crippen LogP contribution in [-0.2, 0) is 6.42 Å². The van der Waals surface area contributed by atoms with Crippen molar-refractivity contribution in [2.24, 2.45) is 5.41 Å². The summed E-state index contributed by atoms with van der Waals surface area (Å²) in [6, 6.07) is 4.29. The van der Waals surface area contributed by atoms with Gasteiger partial charge in [0.15, 0.2) is 11.6 Å². The SMILES string of the molecule is CC(Cl)CC(C)(C)Cc1cccc(F)c1F. The van der Waals surface area contributed by atoms with Gasteiger partial charge in [0.05, 0.1) is 0 Å². The van der Waals surface area contributed by atoms with Crippen LogP contribution in [-0.4, -0.2) is 5.38 Å². The Morgan fingerprint density at radius 3 is 2.50 bits per heavy atom. The van der Waals surface area contributed by atoms with Crippen LogP contribution < -0.4 is 0 Å². The van der Waals surface area contributed by atoms with Crippen LogP contribution in [0.4, 0.5) is 8.78 Å². The second-order valence-corrected chi connectivity index (χ2v) is 5.78. The lowest BCUT2D eigenvalue weighted by Crippen LogP contribution is -2.19. The molecule has 0 heterocycles. The third-order valence-electron chi connectivity index (χ3n) is 2.53. The van der Waals surface area contributed by atoms with Crippen LogP contribution in [0, 0.1) is 17.0 Å². The molecule has 0 saturated heterocycles. The molecule has 1 aromatic rings. The van der Waals surface area contributed by atoms with Crippen LogP contribution in [0.25, 0.3) is 0 Å². The largest absolute Gasteiger partial charge is 0.204 e. The molecule has 0 fully saturated rings. The van der Waals surface area contributed by atoms with Gasteiger partial charge >= 0.3 is 0 Å². The third-order valence-corrected chi connectivity index (χ3v) is 2.69. The van der Waals surface area contributed by atoms with Gasteiger partial charge < -0.3 is 0 Å². The second-order valence-electron chi connectivity index (χ2n) is 5.04. The topological polar surface area (TPSA) is 0 Å². The van der Waals surface area contributed by atoms with Gasteiger partial charge in [0.1, 0.15) is 0 Å². The molecule has 0 aliphatic heterocycles. The molecule has 0 saturated carbocycles. The predicted molar refractivity (Wildman–Crippen MR) is 63.8 cm³/mol. The average Bonchev–Trinajstić information content (AvgIpc) is 2.10. The van der Waals surface area contributed by atoms with Gasteiger partial charge in [-0.25, -0.2) is 8.78 Å². The first-order valence-electron chi connectivity index (χ1n) is 5.39. The number of hydrogen-bond acceptors (Lipinski definition) is 0. The van der Waals surface area contributed by atoms with Crippen LogP contribution >= 0.6 is 11.6 Å². The van der Waals surface area contributed by atoms with Crippen molar-refractivity contribution < 1.29 is 8.78 Å². The zero-order valence-corrected chi connectivity index (χ0v) is 10.6. The Morgan fingerprint density at radius 1 is 1.31 bits per heavy atom. The summed E-state index contributed by atoms with van der Waals surface area (Å²) < 4.78 is 26.5. The second kappa shape index (κ2) is 5.13. The fraction of sp³-hybridized carbons (Fsp3) is 0.538. The van der Waals surface area contributed by atoms with Gasteiger partial charge in [-0.05, 0) is 36.8 Å². The molecule has 3 heteroatoms. The molecule has 0 bridgehead atoms. The van der Waals surface area contributed by atoms with Crippen LogP contribution in [0.3, 0.4) is 0 Å². The number of rotatable bonds is 4. The maximum atomic E-state index is 13.5. The lowest BCUT2D eigenvalue weighted by atomic mass is 9.81. The maximum Gasteiger partial charge on any atom is 0.162 e. The first-order chi connectivity index (χ1) is 7.32. The van der Waals surface area contributed by atoms with Crippen LogP contribution in [0.5, 0.6) is 0 Å². The molecule has 0 radical (unpaired) electrons. The van der Waals surface area contributed by atoms with Gasteiger partial charge in [0.25, 0.3) is 0 Å². The van der Waals surface area contributed by atoms with Crippen molar-refractivity contribution in [2.75, 3.05) is 0 Å². The summed E-state index contributed by atoms with van der Waals surface area (Å²) >= 11 is 5.93. The van der Waals surface area contributed by atoms with Gasteiger partial charge in [-0.15, -0.1) is 11.6 Å². The van der Waals surface area contributed by atoms with Crippen molar-refractivity contribution in [3.05, 3.63) is 35.4 Å². The van der Waals surface area contributed by atoms with Crippen LogP contribution in [0.15, 0.2) is 18.2 Å². The fourth-order valence-corrected chi connectivity index (χ4v) is 2.45. The van der Waals surface area contributed by atoms with Crippen LogP contribution in [0.2, 0.25) is 0 Å². The third kappa shape index (κ3) is 3.75. The number of halogens is 3. The summed E-state index contributed by atoms with van der Waals surface area (Å²) in [5.74, 6) is -1.52. The van der Waals surface area contributed by atoms with E-state index in [-0.39, 0.29) is 10.8 Å². The predicted octanol–water partition coefficient (Wildman–Crippen LogP) is 4.55. The summed E-state index contributed by atoms with van der Waals surface area (Å²) in [5, 5.41) is 0.0339. The minimum atomic E-state index is -0.785. The quantitative estimate of drug-likeness (QED) is 0.684. The Hall–Kier alpha value is -0.630. The van der Waals surface area contributed by atoms with Crippen molar-refractivity contribution in [1.82, 2.24) is 0 Å². The van der Waals surface area contributed by atoms with Gasteiger partial charge in [-0.3, -0.25) is 0 Å². The minimum absolute atomic E-state index is 0.0339. The van der Waals surface area contributed by atoms with Crippen molar-refractivity contribution in [3.63, 3.8) is 0 Å². The van der Waals surface area contributed by atoms with E-state index in [1.54, 1.807) is 6.07 Å². The molecule has 1 rings (SSSR count). The molecule has 0 amide bonds. The summed E-state index contributed by atoms with van der Waals surface area (Å²) in [6.07, 6.45) is 1.26. The van der Waals surface area contributed by atoms with Crippen LogP contribution in [0.1, 0.15) is 32.8 Å². The average molecular weight is 247 g/mol. The van der Waals surface area contributed by atoms with E-state index in [1.807, 2.05) is 20.8 Å². The van der Waals surface area contributed by atoms with E-state index >= 15 is 0 Å². The highest BCUT2D eigenvalue weighted by Crippen LogP contribution is 2.30. The Bertz CT molecular complexity index is 359. The Labute approximate surface area is 101 Å². The summed E-state index contributed by atoms with van der Waals surface area (Å²) in [6.45, 7) is 5.93. The Balaban J connectivity index is 2.83. The van der Waals surface area contributed by atoms with E-state index in [1.165, 1.54) is 6.07 Å². The molecule has 1 unspecified atom stereocenters. The first-order valence-corrected chi connectivity index (χ1v) is 5.82. The van der Waals surface area contributed by atoms with Crippen molar-refractivity contribution >= 4 is 11.6 Å². The molecule has 0 N–H and O–H groups in total. The zero-order chi connectivity index (χ0) is 12.3. The lowest BCUT2D eigenvalue weighted by molar-refractivity contribution is 0.324. The number of hydrogen-bond donors (Lipinski definition) is 0. The molecule has 0 aliphatic rings. The normalized spacial score (nSPS) is 13.9. The maximum absolute atomic E-state index is 13.5. The Morgan fingerprint density at radius 2 is 1.94 bits per heavy atom. The van der Waals surface area contributed by atoms with E-state index in [0.29, 0.717) is 12.0 Å². The molecule has 16 heavy (non-hydrogen) atoms. The van der Waals surface area contributed by atoms with E-state index in [4.69, 9.17) is 11.6 Å². The van der Waals surface area contributed by atoms with Gasteiger partial charge in [-0.1, -0.05) is 26.0 Å². The molecular formula is C13H17ClF2. The van der Waals surface area contributed by atoms with Gasteiger partial charge in [0.2, 0.25) is 0 Å². The van der Waals surface area contributed by atoms with Gasteiger partial charge in [0, 0.05) is 5.38 Å². The van der Waals surface area contributed by atoms with Crippen molar-refractivity contribution in [2.45, 2.75) is 39.0 Å². The highest BCUT2D eigenvalue weighted by atomic mass is 35.5. The van der Waals surface area contributed by atoms with E-state index in [2.05, 4.69) is 0 Å². The summed E-state index contributed by atoms with van der Waals surface area (Å²) in [5.41, 5.74) is 0.290. The van der Waals surface area contributed by atoms with Crippen molar-refractivity contribution in [1.29, 1.82) is 0 Å². The lowest BCUT2D eigenvalue weighted by Gasteiger charge is -2.26. The molecule has 0 spiro atoms. The number of benzene rings is 1. The molecular weight excluding hydrogens is 230 g/mol. The standard InChI is InChI=1S/C13H17ClF2/c1-9(14)7-13(2,3)8-10-5-4-6-11(15)12(10)16/h4-6,9H,7-8H2,1-3H3. The minimum Gasteiger partial charge on any atom is -0.204 e. The molecule has 0 aliphatic carbocycles.